The number of hydrogen-bond donors (Lipinski definition) is 1. The molecule has 0 atom stereocenters. The number of benzene rings is 1. The lowest BCUT2D eigenvalue weighted by Gasteiger charge is -2.37. The molecule has 1 aliphatic carbocycles. The van der Waals surface area contributed by atoms with Crippen molar-refractivity contribution in [3.8, 4) is 5.75 Å². The number of rotatable bonds is 4. The molecular weight excluding hydrogens is 317 g/mol. The van der Waals surface area contributed by atoms with Crippen molar-refractivity contribution in [2.45, 2.75) is 31.7 Å². The van der Waals surface area contributed by atoms with Gasteiger partial charge in [0.05, 0.1) is 5.70 Å². The van der Waals surface area contributed by atoms with Crippen LogP contribution in [0.2, 0.25) is 0 Å². The van der Waals surface area contributed by atoms with Crippen molar-refractivity contribution in [2.75, 3.05) is 32.7 Å². The van der Waals surface area contributed by atoms with Crippen molar-refractivity contribution in [3.05, 3.63) is 53.8 Å². The van der Waals surface area contributed by atoms with Crippen LogP contribution in [-0.2, 0) is 0 Å². The predicted octanol–water partition coefficient (Wildman–Crippen LogP) is 3.09. The second-order valence-electron chi connectivity index (χ2n) is 7.02. The van der Waals surface area contributed by atoms with Gasteiger partial charge in [0.2, 0.25) is 0 Å². The molecule has 0 aromatic heterocycles. The molecule has 2 fully saturated rings. The van der Waals surface area contributed by atoms with Crippen molar-refractivity contribution in [1.82, 2.24) is 15.1 Å². The van der Waals surface area contributed by atoms with Crippen LogP contribution < -0.4 is 10.1 Å². The van der Waals surface area contributed by atoms with Gasteiger partial charge >= 0.3 is 0 Å². The second-order valence-corrected chi connectivity index (χ2v) is 7.02. The minimum Gasteiger partial charge on any atom is -0.455 e. The van der Waals surface area contributed by atoms with Gasteiger partial charge in [0.1, 0.15) is 17.3 Å². The highest BCUT2D eigenvalue weighted by atomic mass is 19.1. The van der Waals surface area contributed by atoms with Gasteiger partial charge in [0, 0.05) is 45.0 Å². The van der Waals surface area contributed by atoms with E-state index in [1.807, 2.05) is 0 Å². The van der Waals surface area contributed by atoms with Gasteiger partial charge in [-0.15, -0.1) is 0 Å². The molecule has 3 aliphatic rings. The number of halogens is 1. The molecule has 4 nitrogen and oxygen atoms in total. The number of dihydropyridines is 1. The van der Waals surface area contributed by atoms with Crippen LogP contribution in [0, 0.1) is 5.82 Å². The SMILES string of the molecule is Fc1ccc(OC2=CCNC=C2N2CCCN(C3CCC3)CC2)cc1. The molecule has 2 aliphatic heterocycles. The lowest BCUT2D eigenvalue weighted by molar-refractivity contribution is 0.132. The summed E-state index contributed by atoms with van der Waals surface area (Å²) in [6.45, 7) is 5.13. The first-order valence-electron chi connectivity index (χ1n) is 9.36. The predicted molar refractivity (Wildman–Crippen MR) is 96.6 cm³/mol. The van der Waals surface area contributed by atoms with E-state index in [2.05, 4.69) is 27.4 Å². The monoisotopic (exact) mass is 343 g/mol. The molecule has 0 bridgehead atoms. The largest absolute Gasteiger partial charge is 0.455 e. The number of hydrogen-bond acceptors (Lipinski definition) is 4. The maximum absolute atomic E-state index is 13.1. The molecule has 134 valence electrons. The Morgan fingerprint density at radius 3 is 2.60 bits per heavy atom. The fraction of sp³-hybridized carbons (Fsp3) is 0.500. The van der Waals surface area contributed by atoms with Gasteiger partial charge in [0.25, 0.3) is 0 Å². The van der Waals surface area contributed by atoms with E-state index in [0.717, 1.165) is 43.7 Å². The summed E-state index contributed by atoms with van der Waals surface area (Å²) in [4.78, 5) is 5.07. The van der Waals surface area contributed by atoms with E-state index in [0.29, 0.717) is 5.75 Å². The molecule has 1 saturated heterocycles. The van der Waals surface area contributed by atoms with E-state index in [1.165, 1.54) is 44.4 Å². The van der Waals surface area contributed by atoms with Gasteiger partial charge < -0.3 is 15.0 Å². The van der Waals surface area contributed by atoms with E-state index in [1.54, 1.807) is 12.1 Å². The van der Waals surface area contributed by atoms with E-state index in [9.17, 15) is 4.39 Å². The summed E-state index contributed by atoms with van der Waals surface area (Å²) < 4.78 is 19.2. The minimum absolute atomic E-state index is 0.244. The van der Waals surface area contributed by atoms with Gasteiger partial charge in [-0.1, -0.05) is 6.42 Å². The van der Waals surface area contributed by atoms with Gasteiger partial charge in [-0.25, -0.2) is 4.39 Å². The third-order valence-corrected chi connectivity index (χ3v) is 5.40. The molecule has 1 aromatic carbocycles. The molecule has 1 N–H and O–H groups in total. The highest BCUT2D eigenvalue weighted by molar-refractivity contribution is 5.33. The molecule has 25 heavy (non-hydrogen) atoms. The summed E-state index contributed by atoms with van der Waals surface area (Å²) in [5.41, 5.74) is 1.10. The zero-order valence-electron chi connectivity index (χ0n) is 14.6. The van der Waals surface area contributed by atoms with Crippen LogP contribution in [0.1, 0.15) is 25.7 Å². The van der Waals surface area contributed by atoms with Crippen LogP contribution >= 0.6 is 0 Å². The molecule has 4 rings (SSSR count). The summed E-state index contributed by atoms with van der Waals surface area (Å²) >= 11 is 0. The van der Waals surface area contributed by atoms with Crippen LogP contribution in [-0.4, -0.2) is 48.6 Å². The Bertz CT molecular complexity index is 651. The zero-order chi connectivity index (χ0) is 17.1. The molecule has 0 amide bonds. The Morgan fingerprint density at radius 2 is 1.84 bits per heavy atom. The molecule has 1 aromatic rings. The van der Waals surface area contributed by atoms with Crippen LogP contribution in [0.3, 0.4) is 0 Å². The average Bonchev–Trinajstić information content (AvgIpc) is 2.82. The summed E-state index contributed by atoms with van der Waals surface area (Å²) in [5, 5.41) is 3.30. The highest BCUT2D eigenvalue weighted by Crippen LogP contribution is 2.28. The molecule has 1 saturated carbocycles. The molecule has 0 unspecified atom stereocenters. The van der Waals surface area contributed by atoms with E-state index >= 15 is 0 Å². The quantitative estimate of drug-likeness (QED) is 0.909. The maximum atomic E-state index is 13.1. The Labute approximate surface area is 148 Å². The Balaban J connectivity index is 1.43. The number of nitrogens with one attached hydrogen (secondary N) is 1. The van der Waals surface area contributed by atoms with Gasteiger partial charge in [-0.05, 0) is 49.6 Å². The van der Waals surface area contributed by atoms with Crippen molar-refractivity contribution >= 4 is 0 Å². The molecular formula is C20H26FN3O. The van der Waals surface area contributed by atoms with Crippen molar-refractivity contribution in [2.24, 2.45) is 0 Å². The lowest BCUT2D eigenvalue weighted by Crippen LogP contribution is -2.42. The van der Waals surface area contributed by atoms with E-state index in [4.69, 9.17) is 4.74 Å². The summed E-state index contributed by atoms with van der Waals surface area (Å²) in [6, 6.07) is 7.03. The molecule has 0 spiro atoms. The zero-order valence-corrected chi connectivity index (χ0v) is 14.6. The molecule has 0 radical (unpaired) electrons. The topological polar surface area (TPSA) is 27.7 Å². The minimum atomic E-state index is -0.244. The lowest BCUT2D eigenvalue weighted by atomic mass is 9.91. The third-order valence-electron chi connectivity index (χ3n) is 5.40. The van der Waals surface area contributed by atoms with Gasteiger partial charge in [-0.3, -0.25) is 4.90 Å². The van der Waals surface area contributed by atoms with Crippen molar-refractivity contribution in [1.29, 1.82) is 0 Å². The van der Waals surface area contributed by atoms with E-state index < -0.39 is 0 Å². The first kappa shape index (κ1) is 16.5. The standard InChI is InChI=1S/C20H26FN3O/c21-16-5-7-18(8-6-16)25-20-9-10-22-15-19(20)24-12-2-11-23(13-14-24)17-3-1-4-17/h5-9,15,17,22H,1-4,10-14H2. The van der Waals surface area contributed by atoms with Crippen LogP contribution in [0.25, 0.3) is 0 Å². The van der Waals surface area contributed by atoms with Crippen molar-refractivity contribution in [3.63, 3.8) is 0 Å². The third kappa shape index (κ3) is 3.82. The summed E-state index contributed by atoms with van der Waals surface area (Å²) in [7, 11) is 0. The van der Waals surface area contributed by atoms with Gasteiger partial charge in [0.15, 0.2) is 0 Å². The molecule has 5 heteroatoms. The van der Waals surface area contributed by atoms with Crippen LogP contribution in [0.4, 0.5) is 4.39 Å². The fourth-order valence-corrected chi connectivity index (χ4v) is 3.75. The molecule has 2 heterocycles. The van der Waals surface area contributed by atoms with Gasteiger partial charge in [-0.2, -0.15) is 0 Å². The first-order chi connectivity index (χ1) is 12.3. The first-order valence-corrected chi connectivity index (χ1v) is 9.36. The van der Waals surface area contributed by atoms with Crippen molar-refractivity contribution < 1.29 is 9.13 Å². The second kappa shape index (κ2) is 7.48. The Morgan fingerprint density at radius 1 is 1.00 bits per heavy atom. The summed E-state index contributed by atoms with van der Waals surface area (Å²) in [5.74, 6) is 1.29. The van der Waals surface area contributed by atoms with E-state index in [-0.39, 0.29) is 5.82 Å². The maximum Gasteiger partial charge on any atom is 0.149 e. The van der Waals surface area contributed by atoms with Crippen LogP contribution in [0.15, 0.2) is 48.0 Å². The van der Waals surface area contributed by atoms with Crippen LogP contribution in [0.5, 0.6) is 5.75 Å². The highest BCUT2D eigenvalue weighted by Gasteiger charge is 2.28. The fourth-order valence-electron chi connectivity index (χ4n) is 3.75. The number of nitrogens with zero attached hydrogens (tertiary/aromatic N) is 2. The number of ether oxygens (including phenoxy) is 1. The summed E-state index contributed by atoms with van der Waals surface area (Å²) in [6.07, 6.45) is 9.41. The smallest absolute Gasteiger partial charge is 0.149 e. The normalized spacial score (nSPS) is 22.4. The average molecular weight is 343 g/mol. The Kier molecular flexibility index (Phi) is 4.92. The Hall–Kier alpha value is -2.01.